The normalized spacial score (nSPS) is 17.7. The van der Waals surface area contributed by atoms with E-state index >= 15 is 0 Å². The van der Waals surface area contributed by atoms with Gasteiger partial charge in [-0.1, -0.05) is 6.07 Å². The number of rotatable bonds is 2. The molecule has 86 valence electrons. The second-order valence-electron chi connectivity index (χ2n) is 4.47. The van der Waals surface area contributed by atoms with E-state index < -0.39 is 0 Å². The fourth-order valence-corrected chi connectivity index (χ4v) is 2.82. The van der Waals surface area contributed by atoms with E-state index in [1.807, 2.05) is 18.2 Å². The van der Waals surface area contributed by atoms with E-state index in [4.69, 9.17) is 0 Å². The molecule has 2 rings (SSSR count). The maximum absolute atomic E-state index is 12.1. The third kappa shape index (κ3) is 2.42. The maximum Gasteiger partial charge on any atom is 0.252 e. The molecule has 0 radical (unpaired) electrons. The lowest BCUT2D eigenvalue weighted by Crippen LogP contribution is -2.51. The Morgan fingerprint density at radius 2 is 2.19 bits per heavy atom. The molecule has 1 aromatic rings. The molecule has 0 aliphatic heterocycles. The first kappa shape index (κ1) is 12.4. The molecule has 0 saturated heterocycles. The zero-order valence-corrected chi connectivity index (χ0v) is 12.8. The Kier molecular flexibility index (Phi) is 3.59. The molecule has 1 aliphatic rings. The molecule has 1 amide bonds. The number of hydrogen-bond acceptors (Lipinski definition) is 1. The van der Waals surface area contributed by atoms with Crippen molar-refractivity contribution in [2.24, 2.45) is 0 Å². The van der Waals surface area contributed by atoms with Crippen LogP contribution in [0.3, 0.4) is 0 Å². The number of benzene rings is 1. The van der Waals surface area contributed by atoms with Gasteiger partial charge < -0.3 is 5.32 Å². The van der Waals surface area contributed by atoms with Crippen molar-refractivity contribution < 1.29 is 4.79 Å². The van der Waals surface area contributed by atoms with Gasteiger partial charge in [0, 0.05) is 13.6 Å². The monoisotopic (exact) mass is 393 g/mol. The molecule has 4 heteroatoms. The summed E-state index contributed by atoms with van der Waals surface area (Å²) in [5.74, 6) is 0.0351. The van der Waals surface area contributed by atoms with E-state index in [2.05, 4.69) is 50.8 Å². The Morgan fingerprint density at radius 3 is 2.75 bits per heavy atom. The molecule has 1 N–H and O–H groups in total. The average Bonchev–Trinajstić information content (AvgIpc) is 2.19. The standard InChI is InChI=1S/C12H13BrINO/c1-12(6-3-7-12)15-11(16)8-4-2-5-9(13)10(8)14/h2,4-5H,3,6-7H2,1H3,(H,15,16). The lowest BCUT2D eigenvalue weighted by molar-refractivity contribution is 0.0849. The summed E-state index contributed by atoms with van der Waals surface area (Å²) in [5, 5.41) is 3.11. The van der Waals surface area contributed by atoms with Gasteiger partial charge in [0.05, 0.1) is 5.56 Å². The first-order valence-corrected chi connectivity index (χ1v) is 7.15. The van der Waals surface area contributed by atoms with Crippen LogP contribution in [0.1, 0.15) is 36.5 Å². The highest BCUT2D eigenvalue weighted by atomic mass is 127. The van der Waals surface area contributed by atoms with Gasteiger partial charge in [-0.05, 0) is 76.8 Å². The molecule has 0 aromatic heterocycles. The number of halogens is 2. The second-order valence-corrected chi connectivity index (χ2v) is 6.40. The van der Waals surface area contributed by atoms with Crippen molar-refractivity contribution in [3.8, 4) is 0 Å². The predicted molar refractivity (Wildman–Crippen MR) is 76.6 cm³/mol. The molecule has 16 heavy (non-hydrogen) atoms. The minimum absolute atomic E-state index is 0.0164. The predicted octanol–water partition coefficient (Wildman–Crippen LogP) is 3.73. The van der Waals surface area contributed by atoms with Crippen molar-refractivity contribution in [3.63, 3.8) is 0 Å². The summed E-state index contributed by atoms with van der Waals surface area (Å²) in [4.78, 5) is 12.1. The topological polar surface area (TPSA) is 29.1 Å². The summed E-state index contributed by atoms with van der Waals surface area (Å²) >= 11 is 5.63. The molecule has 0 heterocycles. The molecule has 1 fully saturated rings. The van der Waals surface area contributed by atoms with Crippen LogP contribution in [-0.4, -0.2) is 11.4 Å². The van der Waals surface area contributed by atoms with Gasteiger partial charge in [0.15, 0.2) is 0 Å². The summed E-state index contributed by atoms with van der Waals surface area (Å²) in [6.45, 7) is 2.11. The molecule has 1 aromatic carbocycles. The van der Waals surface area contributed by atoms with Crippen molar-refractivity contribution in [2.45, 2.75) is 31.7 Å². The van der Waals surface area contributed by atoms with Crippen LogP contribution in [0, 0.1) is 3.57 Å². The maximum atomic E-state index is 12.1. The molecule has 0 bridgehead atoms. The van der Waals surface area contributed by atoms with Gasteiger partial charge in [0.2, 0.25) is 0 Å². The van der Waals surface area contributed by atoms with Crippen LogP contribution in [0.5, 0.6) is 0 Å². The lowest BCUT2D eigenvalue weighted by atomic mass is 9.78. The van der Waals surface area contributed by atoms with E-state index in [1.54, 1.807) is 0 Å². The highest BCUT2D eigenvalue weighted by molar-refractivity contribution is 14.1. The van der Waals surface area contributed by atoms with Crippen LogP contribution in [0.15, 0.2) is 22.7 Å². The van der Waals surface area contributed by atoms with Crippen molar-refractivity contribution in [2.75, 3.05) is 0 Å². The minimum atomic E-state index is 0.0164. The van der Waals surface area contributed by atoms with E-state index in [1.165, 1.54) is 6.42 Å². The zero-order chi connectivity index (χ0) is 11.8. The van der Waals surface area contributed by atoms with Gasteiger partial charge in [0.25, 0.3) is 5.91 Å². The Balaban J connectivity index is 2.17. The summed E-state index contributed by atoms with van der Waals surface area (Å²) in [7, 11) is 0. The summed E-state index contributed by atoms with van der Waals surface area (Å²) in [5.41, 5.74) is 0.769. The Morgan fingerprint density at radius 1 is 1.50 bits per heavy atom. The molecule has 1 aliphatic carbocycles. The zero-order valence-electron chi connectivity index (χ0n) is 9.02. The summed E-state index contributed by atoms with van der Waals surface area (Å²) < 4.78 is 1.94. The third-order valence-corrected chi connectivity index (χ3v) is 5.63. The van der Waals surface area contributed by atoms with E-state index in [9.17, 15) is 4.79 Å². The smallest absolute Gasteiger partial charge is 0.252 e. The molecule has 0 atom stereocenters. The Labute approximate surface area is 117 Å². The van der Waals surface area contributed by atoms with Gasteiger partial charge in [-0.15, -0.1) is 0 Å². The number of amides is 1. The molecule has 1 saturated carbocycles. The van der Waals surface area contributed by atoms with Crippen LogP contribution < -0.4 is 5.32 Å². The summed E-state index contributed by atoms with van der Waals surface area (Å²) in [6.07, 6.45) is 3.39. The van der Waals surface area contributed by atoms with Crippen LogP contribution in [-0.2, 0) is 0 Å². The van der Waals surface area contributed by atoms with Gasteiger partial charge in [-0.2, -0.15) is 0 Å². The molecular formula is C12H13BrINO. The largest absolute Gasteiger partial charge is 0.347 e. The van der Waals surface area contributed by atoms with Crippen molar-refractivity contribution in [1.82, 2.24) is 5.32 Å². The van der Waals surface area contributed by atoms with Crippen LogP contribution in [0.4, 0.5) is 0 Å². The van der Waals surface area contributed by atoms with Crippen LogP contribution in [0.2, 0.25) is 0 Å². The minimum Gasteiger partial charge on any atom is -0.347 e. The van der Waals surface area contributed by atoms with Crippen LogP contribution >= 0.6 is 38.5 Å². The highest BCUT2D eigenvalue weighted by Crippen LogP contribution is 2.32. The van der Waals surface area contributed by atoms with Gasteiger partial charge in [-0.25, -0.2) is 0 Å². The third-order valence-electron chi connectivity index (χ3n) is 3.07. The SMILES string of the molecule is CC1(NC(=O)c2cccc(Br)c2I)CCC1. The van der Waals surface area contributed by atoms with E-state index in [-0.39, 0.29) is 11.4 Å². The molecule has 2 nitrogen and oxygen atoms in total. The Bertz CT molecular complexity index is 429. The molecule has 0 unspecified atom stereocenters. The molecule has 0 spiro atoms. The first-order valence-electron chi connectivity index (χ1n) is 5.28. The van der Waals surface area contributed by atoms with E-state index in [0.29, 0.717) is 0 Å². The lowest BCUT2D eigenvalue weighted by Gasteiger charge is -2.39. The average molecular weight is 394 g/mol. The van der Waals surface area contributed by atoms with Gasteiger partial charge in [-0.3, -0.25) is 4.79 Å². The van der Waals surface area contributed by atoms with Crippen molar-refractivity contribution in [1.29, 1.82) is 0 Å². The number of nitrogens with one attached hydrogen (secondary N) is 1. The highest BCUT2D eigenvalue weighted by Gasteiger charge is 2.33. The number of hydrogen-bond donors (Lipinski definition) is 1. The fraction of sp³-hybridized carbons (Fsp3) is 0.417. The quantitative estimate of drug-likeness (QED) is 0.762. The second kappa shape index (κ2) is 4.64. The number of carbonyl (C=O) groups is 1. The number of carbonyl (C=O) groups excluding carboxylic acids is 1. The van der Waals surface area contributed by atoms with Crippen molar-refractivity contribution >= 4 is 44.4 Å². The summed E-state index contributed by atoms with van der Waals surface area (Å²) in [6, 6.07) is 5.71. The first-order chi connectivity index (χ1) is 7.52. The van der Waals surface area contributed by atoms with E-state index in [0.717, 1.165) is 26.4 Å². The fourth-order valence-electron chi connectivity index (χ4n) is 1.85. The van der Waals surface area contributed by atoms with Gasteiger partial charge in [0.1, 0.15) is 0 Å². The molecular weight excluding hydrogens is 381 g/mol. The van der Waals surface area contributed by atoms with Crippen molar-refractivity contribution in [3.05, 3.63) is 31.8 Å². The Hall–Kier alpha value is -0.100. The van der Waals surface area contributed by atoms with Gasteiger partial charge >= 0.3 is 0 Å². The van der Waals surface area contributed by atoms with Crippen LogP contribution in [0.25, 0.3) is 0 Å².